The van der Waals surface area contributed by atoms with Crippen LogP contribution in [0.2, 0.25) is 0 Å². The molecular formula is C21H26N5OS+. The van der Waals surface area contributed by atoms with Crippen LogP contribution in [-0.2, 0) is 17.6 Å². The summed E-state index contributed by atoms with van der Waals surface area (Å²) in [4.78, 5) is 19.6. The fraction of sp³-hybridized carbons (Fsp3) is 0.571. The smallest absolute Gasteiger partial charge is 0.242 e. The summed E-state index contributed by atoms with van der Waals surface area (Å²) in [6.07, 6.45) is 9.29. The third-order valence-corrected chi connectivity index (χ3v) is 7.53. The molecule has 2 fully saturated rings. The lowest BCUT2D eigenvalue weighted by Crippen LogP contribution is -2.37. The number of piperidine rings is 1. The normalized spacial score (nSPS) is 20.3. The number of fused-ring (bicyclic) bond motifs is 5. The minimum atomic E-state index is 0.802. The molecular weight excluding hydrogens is 370 g/mol. The molecule has 7 heteroatoms. The molecule has 3 aromatic rings. The van der Waals surface area contributed by atoms with Crippen LogP contribution in [0.5, 0.6) is 0 Å². The van der Waals surface area contributed by atoms with Crippen LogP contribution < -0.4 is 14.8 Å². The van der Waals surface area contributed by atoms with Crippen LogP contribution in [0.1, 0.15) is 36.8 Å². The van der Waals surface area contributed by atoms with Gasteiger partial charge < -0.3 is 9.64 Å². The topological polar surface area (TPSA) is 55.6 Å². The summed E-state index contributed by atoms with van der Waals surface area (Å²) >= 11 is 1.82. The molecule has 0 radical (unpaired) electrons. The first-order valence-electron chi connectivity index (χ1n) is 10.6. The summed E-state index contributed by atoms with van der Waals surface area (Å²) in [5.41, 5.74) is 4.11. The Bertz CT molecular complexity index is 1040. The highest BCUT2D eigenvalue weighted by Crippen LogP contribution is 2.43. The average Bonchev–Trinajstić information content (AvgIpc) is 3.38. The largest absolute Gasteiger partial charge is 0.378 e. The lowest BCUT2D eigenvalue weighted by molar-refractivity contribution is -0.366. The van der Waals surface area contributed by atoms with E-state index in [1.807, 2.05) is 17.7 Å². The maximum Gasteiger partial charge on any atom is 0.242 e. The third kappa shape index (κ3) is 2.59. The van der Waals surface area contributed by atoms with E-state index in [2.05, 4.69) is 14.8 Å². The molecule has 0 saturated carbocycles. The number of H-pyrrole nitrogens is 1. The first-order valence-corrected chi connectivity index (χ1v) is 11.4. The number of nitrogens with one attached hydrogen (secondary N) is 1. The second kappa shape index (κ2) is 6.81. The number of nitrogens with zero attached hydrogens (tertiary/aromatic N) is 4. The molecule has 1 aliphatic carbocycles. The van der Waals surface area contributed by atoms with Crippen LogP contribution in [0.25, 0.3) is 20.4 Å². The van der Waals surface area contributed by atoms with E-state index in [1.54, 1.807) is 0 Å². The lowest BCUT2D eigenvalue weighted by Gasteiger charge is -2.29. The van der Waals surface area contributed by atoms with Gasteiger partial charge in [0.2, 0.25) is 12.1 Å². The van der Waals surface area contributed by atoms with Crippen LogP contribution in [0.3, 0.4) is 0 Å². The molecule has 0 aromatic carbocycles. The third-order valence-electron chi connectivity index (χ3n) is 6.45. The summed E-state index contributed by atoms with van der Waals surface area (Å²) in [6, 6.07) is 0. The lowest BCUT2D eigenvalue weighted by atomic mass is 10.1. The Morgan fingerprint density at radius 3 is 2.61 bits per heavy atom. The molecule has 146 valence electrons. The van der Waals surface area contributed by atoms with Gasteiger partial charge in [0.15, 0.2) is 5.52 Å². The van der Waals surface area contributed by atoms with Crippen molar-refractivity contribution in [2.45, 2.75) is 38.5 Å². The Hall–Kier alpha value is -1.99. The second-order valence-electron chi connectivity index (χ2n) is 8.10. The van der Waals surface area contributed by atoms with Crippen LogP contribution >= 0.6 is 11.3 Å². The van der Waals surface area contributed by atoms with E-state index in [0.29, 0.717) is 0 Å². The number of thiophene rings is 1. The van der Waals surface area contributed by atoms with Crippen molar-refractivity contribution in [2.75, 3.05) is 49.2 Å². The van der Waals surface area contributed by atoms with Crippen molar-refractivity contribution in [3.63, 3.8) is 0 Å². The number of rotatable bonds is 2. The molecule has 6 rings (SSSR count). The van der Waals surface area contributed by atoms with Crippen molar-refractivity contribution in [2.24, 2.45) is 0 Å². The van der Waals surface area contributed by atoms with E-state index >= 15 is 0 Å². The van der Waals surface area contributed by atoms with E-state index in [9.17, 15) is 0 Å². The van der Waals surface area contributed by atoms with Crippen molar-refractivity contribution >= 4 is 43.4 Å². The molecule has 2 aliphatic heterocycles. The molecule has 3 aromatic heterocycles. The van der Waals surface area contributed by atoms with Gasteiger partial charge in [-0.2, -0.15) is 0 Å². The fourth-order valence-electron chi connectivity index (χ4n) is 5.09. The van der Waals surface area contributed by atoms with Crippen molar-refractivity contribution in [3.05, 3.63) is 17.5 Å². The van der Waals surface area contributed by atoms with Gasteiger partial charge in [0.25, 0.3) is 0 Å². The quantitative estimate of drug-likeness (QED) is 0.667. The summed E-state index contributed by atoms with van der Waals surface area (Å²) in [7, 11) is 0. The van der Waals surface area contributed by atoms with E-state index in [-0.39, 0.29) is 0 Å². The average molecular weight is 397 g/mol. The Balaban J connectivity index is 1.56. The monoisotopic (exact) mass is 396 g/mol. The maximum atomic E-state index is 5.57. The van der Waals surface area contributed by atoms with E-state index < -0.39 is 0 Å². The first-order chi connectivity index (χ1) is 13.9. The zero-order valence-corrected chi connectivity index (χ0v) is 17.0. The Morgan fingerprint density at radius 1 is 0.929 bits per heavy atom. The standard InChI is InChI=1S/C21H25N5OS/c1-2-7-25(8-3-1)20-18-17(22-13-23-20)16-14-5-4-6-15(14)19(24-21(16)28-18)26-9-11-27-12-10-26/h13H,1-12H2/p+1. The predicted octanol–water partition coefficient (Wildman–Crippen LogP) is 2.97. The molecule has 5 heterocycles. The summed E-state index contributed by atoms with van der Waals surface area (Å²) < 4.78 is 6.85. The molecule has 0 atom stereocenters. The number of ether oxygens (including phenoxy) is 1. The molecule has 1 N–H and O–H groups in total. The van der Waals surface area contributed by atoms with Gasteiger partial charge in [0.1, 0.15) is 15.3 Å². The summed E-state index contributed by atoms with van der Waals surface area (Å²) in [5, 5.41) is 1.32. The highest BCUT2D eigenvalue weighted by atomic mass is 32.1. The molecule has 6 nitrogen and oxygen atoms in total. The summed E-state index contributed by atoms with van der Waals surface area (Å²) in [5.74, 6) is 2.45. The van der Waals surface area contributed by atoms with Crippen molar-refractivity contribution < 1.29 is 9.72 Å². The highest BCUT2D eigenvalue weighted by Gasteiger charge is 2.30. The number of morpholine rings is 1. The van der Waals surface area contributed by atoms with Gasteiger partial charge in [0, 0.05) is 13.1 Å². The number of hydrogen-bond acceptors (Lipinski definition) is 6. The zero-order chi connectivity index (χ0) is 18.5. The minimum Gasteiger partial charge on any atom is -0.378 e. The number of aromatic amines is 1. The Labute approximate surface area is 168 Å². The number of aromatic nitrogens is 3. The van der Waals surface area contributed by atoms with E-state index in [4.69, 9.17) is 14.7 Å². The molecule has 0 spiro atoms. The second-order valence-corrected chi connectivity index (χ2v) is 9.10. The molecule has 0 bridgehead atoms. The first kappa shape index (κ1) is 16.9. The predicted molar refractivity (Wildman–Crippen MR) is 113 cm³/mol. The molecule has 28 heavy (non-hydrogen) atoms. The zero-order valence-electron chi connectivity index (χ0n) is 16.2. The maximum absolute atomic E-state index is 5.57. The van der Waals surface area contributed by atoms with E-state index in [1.165, 1.54) is 58.5 Å². The van der Waals surface area contributed by atoms with Gasteiger partial charge in [-0.25, -0.2) is 9.97 Å². The van der Waals surface area contributed by atoms with Crippen molar-refractivity contribution in [3.8, 4) is 0 Å². The molecule has 3 aliphatic rings. The molecule has 0 amide bonds. The van der Waals surface area contributed by atoms with Gasteiger partial charge >= 0.3 is 0 Å². The number of anilines is 2. The van der Waals surface area contributed by atoms with E-state index in [0.717, 1.165) is 62.6 Å². The Kier molecular flexibility index (Phi) is 4.12. The van der Waals surface area contributed by atoms with Crippen LogP contribution in [0, 0.1) is 0 Å². The van der Waals surface area contributed by atoms with Crippen LogP contribution in [0.4, 0.5) is 11.6 Å². The minimum absolute atomic E-state index is 0.802. The van der Waals surface area contributed by atoms with Crippen molar-refractivity contribution in [1.82, 2.24) is 9.97 Å². The van der Waals surface area contributed by atoms with Gasteiger partial charge in [0.05, 0.1) is 31.7 Å². The van der Waals surface area contributed by atoms with Gasteiger partial charge in [-0.1, -0.05) is 0 Å². The van der Waals surface area contributed by atoms with Gasteiger partial charge in [-0.3, -0.25) is 4.90 Å². The SMILES string of the molecule is c1nc2c(sc3nc(N4CCOCC4)c4c(c32)CCC4)c(N2CCCCC2)[nH+]1. The summed E-state index contributed by atoms with van der Waals surface area (Å²) in [6.45, 7) is 5.76. The highest BCUT2D eigenvalue weighted by molar-refractivity contribution is 7.26. The number of aryl methyl sites for hydroxylation is 1. The van der Waals surface area contributed by atoms with Crippen molar-refractivity contribution in [1.29, 1.82) is 0 Å². The Morgan fingerprint density at radius 2 is 1.75 bits per heavy atom. The van der Waals surface area contributed by atoms with Crippen LogP contribution in [-0.4, -0.2) is 49.4 Å². The molecule has 2 saturated heterocycles. The van der Waals surface area contributed by atoms with Crippen LogP contribution in [0.15, 0.2) is 6.33 Å². The fourth-order valence-corrected chi connectivity index (χ4v) is 6.27. The number of hydrogen-bond donors (Lipinski definition) is 0. The van der Waals surface area contributed by atoms with Gasteiger partial charge in [-0.05, 0) is 49.7 Å². The number of pyridine rings is 1. The molecule has 0 unspecified atom stereocenters. The van der Waals surface area contributed by atoms with Gasteiger partial charge in [-0.15, -0.1) is 16.3 Å².